The number of carbonyl (C=O) groups is 1. The predicted molar refractivity (Wildman–Crippen MR) is 120 cm³/mol. The molecule has 3 aromatic rings. The van der Waals surface area contributed by atoms with Crippen molar-refractivity contribution in [3.63, 3.8) is 0 Å². The fourth-order valence-corrected chi connectivity index (χ4v) is 4.19. The molecule has 0 unspecified atom stereocenters. The Morgan fingerprint density at radius 1 is 1.26 bits per heavy atom. The van der Waals surface area contributed by atoms with E-state index in [2.05, 4.69) is 10.1 Å². The van der Waals surface area contributed by atoms with E-state index < -0.39 is 0 Å². The van der Waals surface area contributed by atoms with Crippen LogP contribution in [0.4, 0.5) is 5.95 Å². The highest BCUT2D eigenvalue weighted by molar-refractivity contribution is 6.30. The van der Waals surface area contributed by atoms with E-state index in [1.807, 2.05) is 68.2 Å². The SMILES string of the molecule is Cc1noc(C)c1CC(=O)N1CCC[C@@H]1c1nc(N(C)C)ncc1-c1ccc(Cl)cc1. The summed E-state index contributed by atoms with van der Waals surface area (Å²) in [5, 5.41) is 4.66. The molecule has 0 spiro atoms. The number of amides is 1. The van der Waals surface area contributed by atoms with Gasteiger partial charge in [-0.2, -0.15) is 0 Å². The molecule has 1 atom stereocenters. The maximum atomic E-state index is 13.3. The minimum absolute atomic E-state index is 0.0592. The number of aromatic nitrogens is 3. The standard InChI is InChI=1S/C23H26ClN5O2/c1-14-18(15(2)31-27-14)12-21(30)29-11-5-6-20(29)22-19(13-25-23(26-22)28(3)4)16-7-9-17(24)10-8-16/h7-10,13,20H,5-6,11-12H2,1-4H3/t20-/m1/s1. The molecule has 162 valence electrons. The van der Waals surface area contributed by atoms with Gasteiger partial charge in [-0.05, 0) is 44.4 Å². The van der Waals surface area contributed by atoms with Gasteiger partial charge in [0.25, 0.3) is 0 Å². The molecule has 0 N–H and O–H groups in total. The van der Waals surface area contributed by atoms with Gasteiger partial charge in [0.05, 0.1) is 23.9 Å². The van der Waals surface area contributed by atoms with Crippen LogP contribution in [0, 0.1) is 13.8 Å². The van der Waals surface area contributed by atoms with Gasteiger partial charge in [-0.25, -0.2) is 9.97 Å². The van der Waals surface area contributed by atoms with Gasteiger partial charge in [0, 0.05) is 43.0 Å². The molecule has 0 bridgehead atoms. The van der Waals surface area contributed by atoms with Gasteiger partial charge >= 0.3 is 0 Å². The largest absolute Gasteiger partial charge is 0.361 e. The lowest BCUT2D eigenvalue weighted by molar-refractivity contribution is -0.131. The van der Waals surface area contributed by atoms with Crippen LogP contribution in [0.5, 0.6) is 0 Å². The second kappa shape index (κ2) is 8.67. The normalized spacial score (nSPS) is 16.0. The fraction of sp³-hybridized carbons (Fsp3) is 0.391. The molecule has 1 amide bonds. The van der Waals surface area contributed by atoms with E-state index in [1.165, 1.54) is 0 Å². The number of hydrogen-bond donors (Lipinski definition) is 0. The maximum Gasteiger partial charge on any atom is 0.227 e. The molecule has 1 saturated heterocycles. The van der Waals surface area contributed by atoms with Gasteiger partial charge in [0.15, 0.2) is 0 Å². The first-order valence-electron chi connectivity index (χ1n) is 10.4. The Balaban J connectivity index is 1.71. The Kier molecular flexibility index (Phi) is 5.96. The topological polar surface area (TPSA) is 75.4 Å². The fourth-order valence-electron chi connectivity index (χ4n) is 4.06. The molecule has 8 heteroatoms. The first kappa shape index (κ1) is 21.3. The highest BCUT2D eigenvalue weighted by Gasteiger charge is 2.34. The number of likely N-dealkylation sites (tertiary alicyclic amines) is 1. The summed E-state index contributed by atoms with van der Waals surface area (Å²) in [6.45, 7) is 4.41. The Hall–Kier alpha value is -2.93. The molecule has 31 heavy (non-hydrogen) atoms. The van der Waals surface area contributed by atoms with E-state index in [0.717, 1.165) is 40.9 Å². The zero-order chi connectivity index (χ0) is 22.1. The number of carbonyl (C=O) groups excluding carboxylic acids is 1. The van der Waals surface area contributed by atoms with Crippen LogP contribution in [0.2, 0.25) is 5.02 Å². The molecule has 7 nitrogen and oxygen atoms in total. The van der Waals surface area contributed by atoms with Crippen LogP contribution >= 0.6 is 11.6 Å². The molecular weight excluding hydrogens is 414 g/mol. The Morgan fingerprint density at radius 2 is 2.00 bits per heavy atom. The van der Waals surface area contributed by atoms with E-state index in [9.17, 15) is 4.79 Å². The maximum absolute atomic E-state index is 13.3. The van der Waals surface area contributed by atoms with Crippen molar-refractivity contribution in [3.05, 3.63) is 58.2 Å². The molecule has 1 aliphatic rings. The van der Waals surface area contributed by atoms with Gasteiger partial charge in [-0.15, -0.1) is 0 Å². The van der Waals surface area contributed by atoms with Crippen molar-refractivity contribution in [2.24, 2.45) is 0 Å². The highest BCUT2D eigenvalue weighted by Crippen LogP contribution is 2.38. The number of anilines is 1. The minimum Gasteiger partial charge on any atom is -0.361 e. The van der Waals surface area contributed by atoms with Gasteiger partial charge < -0.3 is 14.3 Å². The highest BCUT2D eigenvalue weighted by atomic mass is 35.5. The first-order valence-corrected chi connectivity index (χ1v) is 10.7. The third-order valence-electron chi connectivity index (χ3n) is 5.76. The molecule has 0 saturated carbocycles. The minimum atomic E-state index is -0.111. The summed E-state index contributed by atoms with van der Waals surface area (Å²) in [5.41, 5.74) is 4.40. The third kappa shape index (κ3) is 4.28. The Bertz CT molecular complexity index is 1070. The Labute approximate surface area is 187 Å². The number of rotatable bonds is 5. The molecule has 1 aromatic carbocycles. The van der Waals surface area contributed by atoms with Gasteiger partial charge in [-0.3, -0.25) is 4.79 Å². The van der Waals surface area contributed by atoms with E-state index in [0.29, 0.717) is 23.3 Å². The number of halogens is 1. The first-order chi connectivity index (χ1) is 14.8. The van der Waals surface area contributed by atoms with Crippen molar-refractivity contribution >= 4 is 23.5 Å². The summed E-state index contributed by atoms with van der Waals surface area (Å²) in [6.07, 6.45) is 3.91. The molecule has 2 aromatic heterocycles. The van der Waals surface area contributed by atoms with E-state index in [-0.39, 0.29) is 18.4 Å². The van der Waals surface area contributed by atoms with Crippen molar-refractivity contribution in [1.29, 1.82) is 0 Å². The zero-order valence-corrected chi connectivity index (χ0v) is 19.0. The van der Waals surface area contributed by atoms with Crippen LogP contribution in [0.3, 0.4) is 0 Å². The molecule has 0 radical (unpaired) electrons. The molecule has 1 aliphatic heterocycles. The van der Waals surface area contributed by atoms with Crippen LogP contribution in [-0.2, 0) is 11.2 Å². The van der Waals surface area contributed by atoms with Crippen molar-refractivity contribution in [2.45, 2.75) is 39.2 Å². The van der Waals surface area contributed by atoms with Gasteiger partial charge in [0.1, 0.15) is 5.76 Å². The van der Waals surface area contributed by atoms with Crippen LogP contribution in [0.25, 0.3) is 11.1 Å². The molecule has 3 heterocycles. The quantitative estimate of drug-likeness (QED) is 0.587. The lowest BCUT2D eigenvalue weighted by Gasteiger charge is -2.27. The van der Waals surface area contributed by atoms with Crippen LogP contribution in [-0.4, -0.2) is 46.6 Å². The van der Waals surface area contributed by atoms with Gasteiger partial charge in [-0.1, -0.05) is 28.9 Å². The summed E-state index contributed by atoms with van der Waals surface area (Å²) < 4.78 is 5.24. The van der Waals surface area contributed by atoms with Crippen LogP contribution < -0.4 is 4.90 Å². The number of aryl methyl sites for hydroxylation is 2. The van der Waals surface area contributed by atoms with Gasteiger partial charge in [0.2, 0.25) is 11.9 Å². The second-order valence-electron chi connectivity index (χ2n) is 8.09. The molecule has 4 rings (SSSR count). The summed E-state index contributed by atoms with van der Waals surface area (Å²) in [6, 6.07) is 7.53. The number of nitrogens with zero attached hydrogens (tertiary/aromatic N) is 5. The molecule has 0 aliphatic carbocycles. The van der Waals surface area contributed by atoms with E-state index >= 15 is 0 Å². The Morgan fingerprint density at radius 3 is 2.65 bits per heavy atom. The smallest absolute Gasteiger partial charge is 0.227 e. The monoisotopic (exact) mass is 439 g/mol. The summed E-state index contributed by atoms with van der Waals surface area (Å²) in [5.74, 6) is 1.38. The van der Waals surface area contributed by atoms with Crippen molar-refractivity contribution in [1.82, 2.24) is 20.0 Å². The van der Waals surface area contributed by atoms with Crippen LogP contribution in [0.1, 0.15) is 41.6 Å². The average Bonchev–Trinajstić information content (AvgIpc) is 3.36. The summed E-state index contributed by atoms with van der Waals surface area (Å²) in [7, 11) is 3.83. The number of hydrogen-bond acceptors (Lipinski definition) is 6. The molecule has 1 fully saturated rings. The van der Waals surface area contributed by atoms with E-state index in [1.54, 1.807) is 0 Å². The predicted octanol–water partition coefficient (Wildman–Crippen LogP) is 4.37. The second-order valence-corrected chi connectivity index (χ2v) is 8.53. The third-order valence-corrected chi connectivity index (χ3v) is 6.01. The lowest BCUT2D eigenvalue weighted by Crippen LogP contribution is -2.33. The van der Waals surface area contributed by atoms with E-state index in [4.69, 9.17) is 21.1 Å². The van der Waals surface area contributed by atoms with Crippen molar-refractivity contribution < 1.29 is 9.32 Å². The van der Waals surface area contributed by atoms with Crippen molar-refractivity contribution in [3.8, 4) is 11.1 Å². The lowest BCUT2D eigenvalue weighted by atomic mass is 9.99. The summed E-state index contributed by atoms with van der Waals surface area (Å²) >= 11 is 6.09. The van der Waals surface area contributed by atoms with Crippen molar-refractivity contribution in [2.75, 3.05) is 25.5 Å². The molecular formula is C23H26ClN5O2. The summed E-state index contributed by atoms with van der Waals surface area (Å²) in [4.78, 5) is 26.5. The number of benzene rings is 1. The zero-order valence-electron chi connectivity index (χ0n) is 18.2. The average molecular weight is 440 g/mol. The van der Waals surface area contributed by atoms with Crippen LogP contribution in [0.15, 0.2) is 35.0 Å².